The van der Waals surface area contributed by atoms with Crippen molar-refractivity contribution in [1.82, 2.24) is 14.8 Å². The molecule has 0 saturated heterocycles. The lowest BCUT2D eigenvalue weighted by Crippen LogP contribution is -2.00. The van der Waals surface area contributed by atoms with E-state index >= 15 is 0 Å². The van der Waals surface area contributed by atoms with Crippen molar-refractivity contribution in [3.8, 4) is 22.9 Å². The van der Waals surface area contributed by atoms with Gasteiger partial charge < -0.3 is 9.47 Å². The Hall–Kier alpha value is -2.47. The molecule has 27 heavy (non-hydrogen) atoms. The van der Waals surface area contributed by atoms with Gasteiger partial charge in [-0.25, -0.2) is 0 Å². The van der Waals surface area contributed by atoms with Gasteiger partial charge in [-0.2, -0.15) is 0 Å². The minimum atomic E-state index is 0.504. The number of hydrogen-bond acceptors (Lipinski definition) is 5. The second-order valence-electron chi connectivity index (χ2n) is 6.89. The van der Waals surface area contributed by atoms with E-state index in [1.807, 2.05) is 18.2 Å². The third kappa shape index (κ3) is 3.54. The zero-order valence-corrected chi connectivity index (χ0v) is 15.8. The molecule has 1 aliphatic carbocycles. The van der Waals surface area contributed by atoms with Crippen LogP contribution >= 0.6 is 11.8 Å². The Morgan fingerprint density at radius 1 is 0.963 bits per heavy atom. The molecule has 2 aromatic carbocycles. The van der Waals surface area contributed by atoms with Gasteiger partial charge in [0, 0.05) is 23.8 Å². The molecule has 138 valence electrons. The van der Waals surface area contributed by atoms with E-state index in [1.165, 1.54) is 18.4 Å². The summed E-state index contributed by atoms with van der Waals surface area (Å²) in [6.07, 6.45) is 3.28. The molecule has 5 nitrogen and oxygen atoms in total. The van der Waals surface area contributed by atoms with Crippen LogP contribution in [0.1, 0.15) is 30.9 Å². The van der Waals surface area contributed by atoms with E-state index in [4.69, 9.17) is 9.47 Å². The fourth-order valence-corrected chi connectivity index (χ4v) is 4.22. The Morgan fingerprint density at radius 3 is 2.59 bits per heavy atom. The molecule has 6 heteroatoms. The Balaban J connectivity index is 1.45. The van der Waals surface area contributed by atoms with Crippen LogP contribution in [0.4, 0.5) is 0 Å². The summed E-state index contributed by atoms with van der Waals surface area (Å²) in [5.74, 6) is 3.43. The molecule has 1 aromatic heterocycles. The average Bonchev–Trinajstić information content (AvgIpc) is 3.50. The molecule has 0 N–H and O–H groups in total. The fourth-order valence-electron chi connectivity index (χ4n) is 3.26. The van der Waals surface area contributed by atoms with E-state index in [2.05, 4.69) is 45.1 Å². The molecule has 0 radical (unpaired) electrons. The van der Waals surface area contributed by atoms with Crippen molar-refractivity contribution in [3.63, 3.8) is 0 Å². The highest BCUT2D eigenvalue weighted by molar-refractivity contribution is 7.98. The number of rotatable bonds is 5. The molecule has 1 saturated carbocycles. The number of hydrogen-bond donors (Lipinski definition) is 0. The maximum atomic E-state index is 5.85. The number of benzene rings is 2. The van der Waals surface area contributed by atoms with Gasteiger partial charge in [-0.15, -0.1) is 10.2 Å². The second-order valence-corrected chi connectivity index (χ2v) is 7.84. The van der Waals surface area contributed by atoms with E-state index in [-0.39, 0.29) is 0 Å². The predicted molar refractivity (Wildman–Crippen MR) is 105 cm³/mol. The van der Waals surface area contributed by atoms with Crippen LogP contribution in [0.15, 0.2) is 53.7 Å². The minimum absolute atomic E-state index is 0.504. The second kappa shape index (κ2) is 7.27. The van der Waals surface area contributed by atoms with Crippen LogP contribution < -0.4 is 9.47 Å². The molecule has 2 aliphatic rings. The first-order valence-corrected chi connectivity index (χ1v) is 10.4. The first kappa shape index (κ1) is 16.7. The standard InChI is InChI=1S/C21H21N3O2S/c1-2-5-15(6-3-1)14-27-21-23-22-20(24(21)17-8-9-17)16-7-10-18-19(13-16)26-12-4-11-25-18/h1-3,5-7,10,13,17H,4,8-9,11-12,14H2. The predicted octanol–water partition coefficient (Wildman–Crippen LogP) is 4.73. The van der Waals surface area contributed by atoms with Crippen molar-refractivity contribution < 1.29 is 9.47 Å². The van der Waals surface area contributed by atoms with Gasteiger partial charge >= 0.3 is 0 Å². The summed E-state index contributed by atoms with van der Waals surface area (Å²) < 4.78 is 13.9. The van der Waals surface area contributed by atoms with E-state index in [9.17, 15) is 0 Å². The third-order valence-electron chi connectivity index (χ3n) is 4.79. The van der Waals surface area contributed by atoms with Gasteiger partial charge in [-0.1, -0.05) is 42.1 Å². The highest BCUT2D eigenvalue weighted by atomic mass is 32.2. The third-order valence-corrected chi connectivity index (χ3v) is 5.81. The molecule has 1 fully saturated rings. The van der Waals surface area contributed by atoms with Crippen molar-refractivity contribution in [3.05, 3.63) is 54.1 Å². The normalized spacial score (nSPS) is 16.1. The Labute approximate surface area is 162 Å². The van der Waals surface area contributed by atoms with Gasteiger partial charge in [0.1, 0.15) is 0 Å². The van der Waals surface area contributed by atoms with Crippen LogP contribution in [0.25, 0.3) is 11.4 Å². The van der Waals surface area contributed by atoms with Gasteiger partial charge in [0.25, 0.3) is 0 Å². The Morgan fingerprint density at radius 2 is 1.78 bits per heavy atom. The number of thioether (sulfide) groups is 1. The lowest BCUT2D eigenvalue weighted by Gasteiger charge is -2.11. The summed E-state index contributed by atoms with van der Waals surface area (Å²) >= 11 is 1.75. The fraction of sp³-hybridized carbons (Fsp3) is 0.333. The first-order valence-electron chi connectivity index (χ1n) is 9.40. The van der Waals surface area contributed by atoms with E-state index < -0.39 is 0 Å². The zero-order chi connectivity index (χ0) is 18.1. The topological polar surface area (TPSA) is 49.2 Å². The molecule has 0 amide bonds. The summed E-state index contributed by atoms with van der Waals surface area (Å²) in [6.45, 7) is 1.38. The van der Waals surface area contributed by atoms with Gasteiger partial charge in [0.05, 0.1) is 13.2 Å². The van der Waals surface area contributed by atoms with Crippen molar-refractivity contribution >= 4 is 11.8 Å². The Bertz CT molecular complexity index is 938. The first-order chi connectivity index (χ1) is 13.4. The summed E-state index contributed by atoms with van der Waals surface area (Å²) in [5, 5.41) is 10.0. The number of aromatic nitrogens is 3. The molecule has 0 unspecified atom stereocenters. The highest BCUT2D eigenvalue weighted by Crippen LogP contribution is 2.42. The van der Waals surface area contributed by atoms with Gasteiger partial charge in [-0.05, 0) is 36.6 Å². The van der Waals surface area contributed by atoms with Crippen molar-refractivity contribution in [2.45, 2.75) is 36.2 Å². The van der Waals surface area contributed by atoms with Crippen LogP contribution in [0.3, 0.4) is 0 Å². The highest BCUT2D eigenvalue weighted by Gasteiger charge is 2.30. The molecule has 0 atom stereocenters. The van der Waals surface area contributed by atoms with Crippen LogP contribution in [0.5, 0.6) is 11.5 Å². The quantitative estimate of drug-likeness (QED) is 0.600. The van der Waals surface area contributed by atoms with E-state index in [0.29, 0.717) is 19.3 Å². The summed E-state index contributed by atoms with van der Waals surface area (Å²) in [7, 11) is 0. The van der Waals surface area contributed by atoms with Crippen molar-refractivity contribution in [2.75, 3.05) is 13.2 Å². The number of nitrogens with zero attached hydrogens (tertiary/aromatic N) is 3. The molecule has 5 rings (SSSR count). The van der Waals surface area contributed by atoms with E-state index in [1.54, 1.807) is 11.8 Å². The molecule has 2 heterocycles. The monoisotopic (exact) mass is 379 g/mol. The summed E-state index contributed by atoms with van der Waals surface area (Å²) in [6, 6.07) is 17.1. The number of ether oxygens (including phenoxy) is 2. The maximum Gasteiger partial charge on any atom is 0.192 e. The van der Waals surface area contributed by atoms with Crippen LogP contribution in [-0.2, 0) is 5.75 Å². The smallest absolute Gasteiger partial charge is 0.192 e. The van der Waals surface area contributed by atoms with Crippen LogP contribution in [-0.4, -0.2) is 28.0 Å². The van der Waals surface area contributed by atoms with Gasteiger partial charge in [0.2, 0.25) is 0 Å². The maximum absolute atomic E-state index is 5.85. The molecular formula is C21H21N3O2S. The zero-order valence-electron chi connectivity index (χ0n) is 15.0. The Kier molecular flexibility index (Phi) is 4.49. The number of fused-ring (bicyclic) bond motifs is 1. The minimum Gasteiger partial charge on any atom is -0.490 e. The molecule has 3 aromatic rings. The molecular weight excluding hydrogens is 358 g/mol. The van der Waals surface area contributed by atoms with E-state index in [0.717, 1.165) is 40.2 Å². The SMILES string of the molecule is c1ccc(CSc2nnc(-c3ccc4c(c3)OCCCO4)n2C2CC2)cc1. The van der Waals surface area contributed by atoms with Crippen molar-refractivity contribution in [2.24, 2.45) is 0 Å². The summed E-state index contributed by atoms with van der Waals surface area (Å²) in [4.78, 5) is 0. The van der Waals surface area contributed by atoms with Gasteiger partial charge in [-0.3, -0.25) is 4.57 Å². The average molecular weight is 379 g/mol. The van der Waals surface area contributed by atoms with Crippen molar-refractivity contribution in [1.29, 1.82) is 0 Å². The largest absolute Gasteiger partial charge is 0.490 e. The molecule has 0 bridgehead atoms. The molecule has 0 spiro atoms. The van der Waals surface area contributed by atoms with Crippen LogP contribution in [0, 0.1) is 0 Å². The lowest BCUT2D eigenvalue weighted by atomic mass is 10.2. The lowest BCUT2D eigenvalue weighted by molar-refractivity contribution is 0.297. The van der Waals surface area contributed by atoms with Crippen LogP contribution in [0.2, 0.25) is 0 Å². The van der Waals surface area contributed by atoms with Gasteiger partial charge in [0.15, 0.2) is 22.5 Å². The molecule has 1 aliphatic heterocycles. The summed E-state index contributed by atoms with van der Waals surface area (Å²) in [5.41, 5.74) is 2.33.